The van der Waals surface area contributed by atoms with Crippen molar-refractivity contribution in [1.82, 2.24) is 10.2 Å². The average molecular weight is 570 g/mol. The summed E-state index contributed by atoms with van der Waals surface area (Å²) in [6, 6.07) is 22.5. The molecule has 0 fully saturated rings. The predicted molar refractivity (Wildman–Crippen MR) is 157 cm³/mol. The SMILES string of the molecule is CC[C@@H](C)NC(=O)[C@H](Cc1ccccc1)N(Cc1cccc(Cl)c1)C(=O)CN(c1cccc(C)c1)S(C)(=O)=O. The van der Waals surface area contributed by atoms with Crippen LogP contribution >= 0.6 is 11.6 Å². The molecule has 3 rings (SSSR count). The van der Waals surface area contributed by atoms with Crippen LogP contribution in [0, 0.1) is 6.92 Å². The zero-order chi connectivity index (χ0) is 28.6. The van der Waals surface area contributed by atoms with Gasteiger partial charge in [0, 0.05) is 24.0 Å². The van der Waals surface area contributed by atoms with E-state index in [2.05, 4.69) is 5.32 Å². The van der Waals surface area contributed by atoms with Crippen LogP contribution in [0.2, 0.25) is 5.02 Å². The molecule has 0 saturated heterocycles. The molecule has 0 spiro atoms. The molecule has 0 aliphatic carbocycles. The molecule has 2 amide bonds. The Morgan fingerprint density at radius 1 is 0.949 bits per heavy atom. The number of nitrogens with one attached hydrogen (secondary N) is 1. The van der Waals surface area contributed by atoms with Gasteiger partial charge in [-0.3, -0.25) is 13.9 Å². The van der Waals surface area contributed by atoms with Gasteiger partial charge in [0.25, 0.3) is 0 Å². The van der Waals surface area contributed by atoms with Crippen LogP contribution in [0.5, 0.6) is 0 Å². The molecule has 3 aromatic rings. The minimum Gasteiger partial charge on any atom is -0.352 e. The van der Waals surface area contributed by atoms with Crippen molar-refractivity contribution in [3.63, 3.8) is 0 Å². The number of halogens is 1. The molecule has 39 heavy (non-hydrogen) atoms. The van der Waals surface area contributed by atoms with Crippen molar-refractivity contribution in [2.75, 3.05) is 17.1 Å². The maximum Gasteiger partial charge on any atom is 0.244 e. The summed E-state index contributed by atoms with van der Waals surface area (Å²) in [6.07, 6.45) is 2.06. The molecule has 3 aromatic carbocycles. The molecule has 0 radical (unpaired) electrons. The van der Waals surface area contributed by atoms with Crippen molar-refractivity contribution < 1.29 is 18.0 Å². The first kappa shape index (κ1) is 30.2. The minimum atomic E-state index is -3.81. The van der Waals surface area contributed by atoms with E-state index in [0.717, 1.165) is 33.7 Å². The molecule has 0 heterocycles. The zero-order valence-corrected chi connectivity index (χ0v) is 24.4. The molecule has 208 valence electrons. The second-order valence-electron chi connectivity index (χ2n) is 9.78. The molecule has 0 aliphatic heterocycles. The standard InChI is InChI=1S/C30H36ClN3O4S/c1-5-23(3)32-30(36)28(19-24-12-7-6-8-13-24)33(20-25-14-10-15-26(31)18-25)29(35)21-34(39(4,37)38)27-16-9-11-22(2)17-27/h6-18,23,28H,5,19-21H2,1-4H3,(H,32,36)/t23-,28+/m1/s1. The number of nitrogens with zero attached hydrogens (tertiary/aromatic N) is 2. The Morgan fingerprint density at radius 2 is 1.62 bits per heavy atom. The van der Waals surface area contributed by atoms with Gasteiger partial charge in [-0.15, -0.1) is 0 Å². The van der Waals surface area contributed by atoms with E-state index in [0.29, 0.717) is 10.7 Å². The normalized spacial score (nSPS) is 12.8. The lowest BCUT2D eigenvalue weighted by molar-refractivity contribution is -0.140. The first-order valence-electron chi connectivity index (χ1n) is 12.9. The highest BCUT2D eigenvalue weighted by atomic mass is 35.5. The van der Waals surface area contributed by atoms with E-state index in [9.17, 15) is 18.0 Å². The van der Waals surface area contributed by atoms with E-state index in [-0.39, 0.29) is 24.9 Å². The van der Waals surface area contributed by atoms with Crippen molar-refractivity contribution in [2.45, 2.75) is 52.2 Å². The Kier molecular flexibility index (Phi) is 10.5. The van der Waals surface area contributed by atoms with Gasteiger partial charge < -0.3 is 10.2 Å². The number of rotatable bonds is 12. The van der Waals surface area contributed by atoms with E-state index in [1.807, 2.05) is 63.2 Å². The number of carbonyl (C=O) groups is 2. The molecule has 0 aliphatic rings. The molecule has 9 heteroatoms. The van der Waals surface area contributed by atoms with Crippen molar-refractivity contribution in [2.24, 2.45) is 0 Å². The fourth-order valence-corrected chi connectivity index (χ4v) is 5.28. The number of amides is 2. The summed E-state index contributed by atoms with van der Waals surface area (Å²) < 4.78 is 26.8. The fourth-order valence-electron chi connectivity index (χ4n) is 4.22. The zero-order valence-electron chi connectivity index (χ0n) is 22.8. The largest absolute Gasteiger partial charge is 0.352 e. The number of anilines is 1. The first-order valence-corrected chi connectivity index (χ1v) is 15.1. The van der Waals surface area contributed by atoms with Crippen LogP contribution in [0.3, 0.4) is 0 Å². The van der Waals surface area contributed by atoms with Gasteiger partial charge in [0.2, 0.25) is 21.8 Å². The number of benzene rings is 3. The van der Waals surface area contributed by atoms with Crippen LogP contribution in [0.1, 0.15) is 37.0 Å². The van der Waals surface area contributed by atoms with Gasteiger partial charge >= 0.3 is 0 Å². The number of sulfonamides is 1. The van der Waals surface area contributed by atoms with Crippen molar-refractivity contribution in [3.8, 4) is 0 Å². The molecule has 2 atom stereocenters. The van der Waals surface area contributed by atoms with Crippen LogP contribution < -0.4 is 9.62 Å². The van der Waals surface area contributed by atoms with Crippen LogP contribution in [0.15, 0.2) is 78.9 Å². The molecular weight excluding hydrogens is 534 g/mol. The third-order valence-corrected chi connectivity index (χ3v) is 7.86. The summed E-state index contributed by atoms with van der Waals surface area (Å²) in [4.78, 5) is 29.2. The molecule has 0 aromatic heterocycles. The summed E-state index contributed by atoms with van der Waals surface area (Å²) in [7, 11) is -3.81. The van der Waals surface area contributed by atoms with Crippen LogP contribution in [0.25, 0.3) is 0 Å². The number of aryl methyl sites for hydroxylation is 1. The lowest BCUT2D eigenvalue weighted by Gasteiger charge is -2.34. The summed E-state index contributed by atoms with van der Waals surface area (Å²) >= 11 is 6.24. The Bertz CT molecular complexity index is 1380. The molecule has 0 unspecified atom stereocenters. The third kappa shape index (κ3) is 8.83. The smallest absolute Gasteiger partial charge is 0.244 e. The van der Waals surface area contributed by atoms with Crippen LogP contribution in [0.4, 0.5) is 5.69 Å². The maximum atomic E-state index is 14.0. The highest BCUT2D eigenvalue weighted by Crippen LogP contribution is 2.22. The van der Waals surface area contributed by atoms with Gasteiger partial charge in [-0.05, 0) is 61.2 Å². The van der Waals surface area contributed by atoms with Crippen molar-refractivity contribution >= 4 is 39.1 Å². The Labute approximate surface area is 236 Å². The molecule has 7 nitrogen and oxygen atoms in total. The Balaban J connectivity index is 2.06. The number of hydrogen-bond donors (Lipinski definition) is 1. The summed E-state index contributed by atoms with van der Waals surface area (Å²) in [6.45, 7) is 5.36. The highest BCUT2D eigenvalue weighted by Gasteiger charge is 2.33. The van der Waals surface area contributed by atoms with E-state index in [4.69, 9.17) is 11.6 Å². The monoisotopic (exact) mass is 569 g/mol. The maximum absolute atomic E-state index is 14.0. The van der Waals surface area contributed by atoms with Crippen molar-refractivity contribution in [1.29, 1.82) is 0 Å². The van der Waals surface area contributed by atoms with Gasteiger partial charge in [-0.1, -0.05) is 73.1 Å². The first-order chi connectivity index (χ1) is 18.5. The summed E-state index contributed by atoms with van der Waals surface area (Å²) in [5, 5.41) is 3.52. The van der Waals surface area contributed by atoms with E-state index in [1.54, 1.807) is 36.4 Å². The lowest BCUT2D eigenvalue weighted by Crippen LogP contribution is -2.54. The average Bonchev–Trinajstić information content (AvgIpc) is 2.89. The molecule has 0 bridgehead atoms. The second kappa shape index (κ2) is 13.6. The second-order valence-corrected chi connectivity index (χ2v) is 12.1. The number of carbonyl (C=O) groups excluding carboxylic acids is 2. The molecule has 1 N–H and O–H groups in total. The van der Waals surface area contributed by atoms with Gasteiger partial charge in [0.1, 0.15) is 12.6 Å². The number of hydrogen-bond acceptors (Lipinski definition) is 4. The Hall–Kier alpha value is -3.36. The van der Waals surface area contributed by atoms with Gasteiger partial charge in [-0.25, -0.2) is 8.42 Å². The van der Waals surface area contributed by atoms with Crippen molar-refractivity contribution in [3.05, 3.63) is 101 Å². The molecular formula is C30H36ClN3O4S. The predicted octanol–water partition coefficient (Wildman–Crippen LogP) is 4.97. The van der Waals surface area contributed by atoms with Gasteiger partial charge in [0.05, 0.1) is 11.9 Å². The van der Waals surface area contributed by atoms with E-state index >= 15 is 0 Å². The van der Waals surface area contributed by atoms with Crippen LogP contribution in [-0.4, -0.2) is 50.0 Å². The lowest BCUT2D eigenvalue weighted by atomic mass is 10.0. The van der Waals surface area contributed by atoms with Gasteiger partial charge in [0.15, 0.2) is 0 Å². The summed E-state index contributed by atoms with van der Waals surface area (Å²) in [5.74, 6) is -0.799. The van der Waals surface area contributed by atoms with E-state index in [1.165, 1.54) is 4.90 Å². The van der Waals surface area contributed by atoms with Crippen LogP contribution in [-0.2, 0) is 32.6 Å². The quantitative estimate of drug-likeness (QED) is 0.334. The van der Waals surface area contributed by atoms with Gasteiger partial charge in [-0.2, -0.15) is 0 Å². The Morgan fingerprint density at radius 3 is 2.23 bits per heavy atom. The highest BCUT2D eigenvalue weighted by molar-refractivity contribution is 7.92. The minimum absolute atomic E-state index is 0.0796. The fraction of sp³-hybridized carbons (Fsp3) is 0.333. The topological polar surface area (TPSA) is 86.8 Å². The third-order valence-electron chi connectivity index (χ3n) is 6.48. The van der Waals surface area contributed by atoms with E-state index < -0.39 is 28.5 Å². The molecule has 0 saturated carbocycles. The summed E-state index contributed by atoms with van der Waals surface area (Å²) in [5.41, 5.74) is 2.85.